The Morgan fingerprint density at radius 2 is 2.23 bits per heavy atom. The van der Waals surface area contributed by atoms with Gasteiger partial charge < -0.3 is 10.1 Å². The number of aromatic nitrogens is 2. The molecule has 1 saturated heterocycles. The van der Waals surface area contributed by atoms with E-state index < -0.39 is 0 Å². The lowest BCUT2D eigenvalue weighted by molar-refractivity contribution is 0.0383. The Balaban J connectivity index is 1.63. The van der Waals surface area contributed by atoms with Gasteiger partial charge in [-0.25, -0.2) is 0 Å². The predicted octanol–water partition coefficient (Wildman–Crippen LogP) is 1.00. The van der Waals surface area contributed by atoms with Crippen LogP contribution in [-0.2, 0) is 4.74 Å². The van der Waals surface area contributed by atoms with Gasteiger partial charge in [0.15, 0.2) is 0 Å². The van der Waals surface area contributed by atoms with Gasteiger partial charge in [-0.1, -0.05) is 0 Å². The van der Waals surface area contributed by atoms with Crippen LogP contribution in [0.3, 0.4) is 0 Å². The molecule has 2 aromatic rings. The molecule has 0 aromatic carbocycles. The van der Waals surface area contributed by atoms with Gasteiger partial charge in [-0.2, -0.15) is 0 Å². The number of carbonyl (C=O) groups excluding carboxylic acids is 1. The summed E-state index contributed by atoms with van der Waals surface area (Å²) >= 11 is 0. The molecule has 1 N–H and O–H groups in total. The summed E-state index contributed by atoms with van der Waals surface area (Å²) in [4.78, 5) is 23.2. The zero-order chi connectivity index (χ0) is 15.4. The van der Waals surface area contributed by atoms with Gasteiger partial charge in [0.05, 0.1) is 30.0 Å². The molecule has 6 nitrogen and oxygen atoms in total. The van der Waals surface area contributed by atoms with Gasteiger partial charge in [0.1, 0.15) is 0 Å². The summed E-state index contributed by atoms with van der Waals surface area (Å²) in [6, 6.07) is 3.71. The standard InChI is InChI=1S/C16H20N4O2/c1-12-14(10-13-11-17-3-2-15(13)19-12)16(21)18-4-5-20-6-8-22-9-7-20/h2-3,10-11H,4-9H2,1H3,(H,18,21). The van der Waals surface area contributed by atoms with Crippen molar-refractivity contribution in [3.05, 3.63) is 35.8 Å². The highest BCUT2D eigenvalue weighted by atomic mass is 16.5. The summed E-state index contributed by atoms with van der Waals surface area (Å²) in [6.45, 7) is 6.73. The largest absolute Gasteiger partial charge is 0.379 e. The molecular weight excluding hydrogens is 280 g/mol. The molecule has 1 aliphatic heterocycles. The third-order valence-electron chi connectivity index (χ3n) is 3.87. The van der Waals surface area contributed by atoms with Crippen LogP contribution in [0, 0.1) is 6.92 Å². The highest BCUT2D eigenvalue weighted by Gasteiger charge is 2.13. The minimum atomic E-state index is -0.0796. The molecule has 6 heteroatoms. The summed E-state index contributed by atoms with van der Waals surface area (Å²) in [7, 11) is 0. The van der Waals surface area contributed by atoms with Gasteiger partial charge in [-0.05, 0) is 19.1 Å². The van der Waals surface area contributed by atoms with Gasteiger partial charge in [0.25, 0.3) is 5.91 Å². The van der Waals surface area contributed by atoms with Crippen LogP contribution in [0.4, 0.5) is 0 Å². The van der Waals surface area contributed by atoms with Crippen molar-refractivity contribution in [3.63, 3.8) is 0 Å². The maximum Gasteiger partial charge on any atom is 0.253 e. The van der Waals surface area contributed by atoms with Crippen LogP contribution in [0.15, 0.2) is 24.5 Å². The van der Waals surface area contributed by atoms with Crippen LogP contribution in [0.5, 0.6) is 0 Å². The number of amides is 1. The number of aryl methyl sites for hydroxylation is 1. The minimum Gasteiger partial charge on any atom is -0.379 e. The van der Waals surface area contributed by atoms with E-state index in [4.69, 9.17) is 4.74 Å². The fourth-order valence-corrected chi connectivity index (χ4v) is 2.59. The number of nitrogens with one attached hydrogen (secondary N) is 1. The van der Waals surface area contributed by atoms with Crippen molar-refractivity contribution in [2.75, 3.05) is 39.4 Å². The Hall–Kier alpha value is -2.05. The first-order valence-electron chi connectivity index (χ1n) is 7.54. The molecule has 1 amide bonds. The van der Waals surface area contributed by atoms with E-state index >= 15 is 0 Å². The van der Waals surface area contributed by atoms with Crippen molar-refractivity contribution in [1.29, 1.82) is 0 Å². The number of ether oxygens (including phenoxy) is 1. The lowest BCUT2D eigenvalue weighted by Crippen LogP contribution is -2.41. The van der Waals surface area contributed by atoms with Crippen molar-refractivity contribution < 1.29 is 9.53 Å². The first-order chi connectivity index (χ1) is 10.7. The van der Waals surface area contributed by atoms with Crippen LogP contribution in [0.2, 0.25) is 0 Å². The SMILES string of the molecule is Cc1nc2ccncc2cc1C(=O)NCCN1CCOCC1. The summed E-state index contributed by atoms with van der Waals surface area (Å²) in [5.74, 6) is -0.0796. The lowest BCUT2D eigenvalue weighted by Gasteiger charge is -2.26. The van der Waals surface area contributed by atoms with E-state index in [0.717, 1.165) is 49.4 Å². The topological polar surface area (TPSA) is 67.4 Å². The Morgan fingerprint density at radius 1 is 1.41 bits per heavy atom. The number of nitrogens with zero attached hydrogens (tertiary/aromatic N) is 3. The maximum atomic E-state index is 12.3. The molecule has 116 valence electrons. The fourth-order valence-electron chi connectivity index (χ4n) is 2.59. The summed E-state index contributed by atoms with van der Waals surface area (Å²) in [5.41, 5.74) is 2.21. The molecule has 0 bridgehead atoms. The second-order valence-electron chi connectivity index (χ2n) is 5.40. The molecule has 0 unspecified atom stereocenters. The Bertz CT molecular complexity index is 668. The normalized spacial score (nSPS) is 15.9. The van der Waals surface area contributed by atoms with E-state index in [1.165, 1.54) is 0 Å². The van der Waals surface area contributed by atoms with Gasteiger partial charge in [0, 0.05) is 44.0 Å². The molecule has 0 saturated carbocycles. The molecule has 0 radical (unpaired) electrons. The smallest absolute Gasteiger partial charge is 0.253 e. The second-order valence-corrected chi connectivity index (χ2v) is 5.40. The summed E-state index contributed by atoms with van der Waals surface area (Å²) in [5, 5.41) is 3.85. The number of hydrogen-bond donors (Lipinski definition) is 1. The highest BCUT2D eigenvalue weighted by molar-refractivity contribution is 5.98. The molecule has 22 heavy (non-hydrogen) atoms. The van der Waals surface area contributed by atoms with E-state index in [0.29, 0.717) is 12.1 Å². The average molecular weight is 300 g/mol. The number of pyridine rings is 2. The fraction of sp³-hybridized carbons (Fsp3) is 0.438. The zero-order valence-corrected chi connectivity index (χ0v) is 12.7. The van der Waals surface area contributed by atoms with E-state index in [1.807, 2.05) is 19.1 Å². The van der Waals surface area contributed by atoms with Crippen molar-refractivity contribution in [2.45, 2.75) is 6.92 Å². The number of morpholine rings is 1. The Morgan fingerprint density at radius 3 is 3.05 bits per heavy atom. The van der Waals surface area contributed by atoms with E-state index in [9.17, 15) is 4.79 Å². The Kier molecular flexibility index (Phi) is 4.60. The average Bonchev–Trinajstić information content (AvgIpc) is 2.55. The molecule has 2 aromatic heterocycles. The summed E-state index contributed by atoms with van der Waals surface area (Å²) in [6.07, 6.45) is 3.43. The van der Waals surface area contributed by atoms with Crippen molar-refractivity contribution >= 4 is 16.8 Å². The lowest BCUT2D eigenvalue weighted by atomic mass is 10.1. The molecule has 0 spiro atoms. The molecule has 1 aliphatic rings. The van der Waals surface area contributed by atoms with E-state index in [2.05, 4.69) is 20.2 Å². The van der Waals surface area contributed by atoms with Crippen molar-refractivity contribution in [1.82, 2.24) is 20.2 Å². The second kappa shape index (κ2) is 6.81. The minimum absolute atomic E-state index is 0.0796. The molecule has 1 fully saturated rings. The van der Waals surface area contributed by atoms with E-state index in [1.54, 1.807) is 12.4 Å². The number of rotatable bonds is 4. The number of carbonyl (C=O) groups is 1. The van der Waals surface area contributed by atoms with E-state index in [-0.39, 0.29) is 5.91 Å². The number of hydrogen-bond acceptors (Lipinski definition) is 5. The van der Waals surface area contributed by atoms with Crippen molar-refractivity contribution in [3.8, 4) is 0 Å². The monoisotopic (exact) mass is 300 g/mol. The van der Waals surface area contributed by atoms with Gasteiger partial charge in [0.2, 0.25) is 0 Å². The predicted molar refractivity (Wildman–Crippen MR) is 83.9 cm³/mol. The molecule has 0 aliphatic carbocycles. The Labute approximate surface area is 129 Å². The molecule has 3 heterocycles. The van der Waals surface area contributed by atoms with Crippen LogP contribution >= 0.6 is 0 Å². The zero-order valence-electron chi connectivity index (χ0n) is 12.7. The highest BCUT2D eigenvalue weighted by Crippen LogP contribution is 2.15. The third kappa shape index (κ3) is 3.40. The van der Waals surface area contributed by atoms with Gasteiger partial charge >= 0.3 is 0 Å². The summed E-state index contributed by atoms with van der Waals surface area (Å²) < 4.78 is 5.31. The van der Waals surface area contributed by atoms with Crippen LogP contribution in [-0.4, -0.2) is 60.2 Å². The van der Waals surface area contributed by atoms with Crippen molar-refractivity contribution in [2.24, 2.45) is 0 Å². The van der Waals surface area contributed by atoms with Gasteiger partial charge in [-0.3, -0.25) is 19.7 Å². The number of fused-ring (bicyclic) bond motifs is 1. The molecule has 3 rings (SSSR count). The third-order valence-corrected chi connectivity index (χ3v) is 3.87. The van der Waals surface area contributed by atoms with Crippen LogP contribution in [0.25, 0.3) is 10.9 Å². The quantitative estimate of drug-likeness (QED) is 0.912. The molecule has 0 atom stereocenters. The van der Waals surface area contributed by atoms with Crippen LogP contribution < -0.4 is 5.32 Å². The molecular formula is C16H20N4O2. The first kappa shape index (κ1) is 14.9. The maximum absolute atomic E-state index is 12.3. The van der Waals surface area contributed by atoms with Gasteiger partial charge in [-0.15, -0.1) is 0 Å². The first-order valence-corrected chi connectivity index (χ1v) is 7.54. The van der Waals surface area contributed by atoms with Crippen LogP contribution in [0.1, 0.15) is 16.1 Å².